The molecule has 7 rings (SSSR count). The number of pyridine rings is 1. The van der Waals surface area contributed by atoms with E-state index in [1.165, 1.54) is 24.3 Å². The Labute approximate surface area is 279 Å². The smallest absolute Gasteiger partial charge is 0.363 e. The summed E-state index contributed by atoms with van der Waals surface area (Å²) in [7, 11) is -4.98. The second-order valence-corrected chi connectivity index (χ2v) is 15.3. The quantitative estimate of drug-likeness (QED) is 0.205. The molecule has 3 fully saturated rings. The Morgan fingerprint density at radius 3 is 2.60 bits per heavy atom. The van der Waals surface area contributed by atoms with Gasteiger partial charge in [0.1, 0.15) is 23.6 Å². The predicted molar refractivity (Wildman–Crippen MR) is 177 cm³/mol. The van der Waals surface area contributed by atoms with Gasteiger partial charge in [0.15, 0.2) is 0 Å². The normalized spacial score (nSPS) is 22.1. The maximum absolute atomic E-state index is 14.3. The van der Waals surface area contributed by atoms with Crippen LogP contribution in [-0.4, -0.2) is 73.5 Å². The lowest BCUT2D eigenvalue weighted by molar-refractivity contribution is -0.148. The molecule has 0 bridgehead atoms. The Morgan fingerprint density at radius 2 is 1.83 bits per heavy atom. The van der Waals surface area contributed by atoms with Crippen LogP contribution in [0.4, 0.5) is 4.39 Å². The van der Waals surface area contributed by atoms with Crippen molar-refractivity contribution in [3.63, 3.8) is 0 Å². The minimum Gasteiger partial charge on any atom is -0.457 e. The minimum atomic E-state index is -4.98. The molecule has 0 radical (unpaired) electrons. The summed E-state index contributed by atoms with van der Waals surface area (Å²) in [4.78, 5) is 67.6. The van der Waals surface area contributed by atoms with Crippen LogP contribution in [0.2, 0.25) is 0 Å². The van der Waals surface area contributed by atoms with Crippen LogP contribution in [0.25, 0.3) is 10.1 Å². The molecule has 3 aliphatic heterocycles. The number of hydrogen-bond donors (Lipinski definition) is 3. The molecule has 2 aromatic heterocycles. The third-order valence-corrected chi connectivity index (χ3v) is 11.4. The molecule has 3 amide bonds. The van der Waals surface area contributed by atoms with Crippen molar-refractivity contribution >= 4 is 46.7 Å². The summed E-state index contributed by atoms with van der Waals surface area (Å²) in [6, 6.07) is 15.5. The number of carbonyl (C=O) groups excluding carboxylic acids is 3. The van der Waals surface area contributed by atoms with E-state index >= 15 is 0 Å². The zero-order valence-corrected chi connectivity index (χ0v) is 27.5. The molecule has 1 unspecified atom stereocenters. The van der Waals surface area contributed by atoms with Gasteiger partial charge in [-0.15, -0.1) is 11.3 Å². The molecule has 48 heavy (non-hydrogen) atoms. The van der Waals surface area contributed by atoms with Gasteiger partial charge in [-0.1, -0.05) is 24.3 Å². The average Bonchev–Trinajstić information content (AvgIpc) is 3.64. The third kappa shape index (κ3) is 6.35. The number of nitrogens with zero attached hydrogens (tertiary/aromatic N) is 3. The summed E-state index contributed by atoms with van der Waals surface area (Å²) in [5, 5.41) is 3.33. The largest absolute Gasteiger partial charge is 0.457 e. The van der Waals surface area contributed by atoms with E-state index in [9.17, 15) is 33.1 Å². The zero-order chi connectivity index (χ0) is 33.6. The number of amides is 3. The fourth-order valence-corrected chi connectivity index (χ4v) is 8.45. The van der Waals surface area contributed by atoms with E-state index in [-0.39, 0.29) is 34.2 Å². The molecule has 4 aromatic rings. The molecule has 0 spiro atoms. The van der Waals surface area contributed by atoms with Crippen molar-refractivity contribution in [2.75, 3.05) is 13.1 Å². The number of halogens is 1. The summed E-state index contributed by atoms with van der Waals surface area (Å²) in [6.45, 7) is 0.980. The first-order valence-corrected chi connectivity index (χ1v) is 18.4. The second-order valence-electron chi connectivity index (χ2n) is 12.6. The Balaban J connectivity index is 1.01. The molecule has 2 aromatic carbocycles. The maximum atomic E-state index is 14.3. The molecule has 0 saturated carbocycles. The lowest BCUT2D eigenvalue weighted by Gasteiger charge is -2.42. The molecule has 3 saturated heterocycles. The van der Waals surface area contributed by atoms with E-state index in [0.717, 1.165) is 29.7 Å². The summed E-state index contributed by atoms with van der Waals surface area (Å²) < 4.78 is 32.4. The van der Waals surface area contributed by atoms with Crippen molar-refractivity contribution in [2.45, 2.75) is 62.1 Å². The van der Waals surface area contributed by atoms with Crippen molar-refractivity contribution in [1.29, 1.82) is 0 Å². The van der Waals surface area contributed by atoms with E-state index in [0.29, 0.717) is 53.9 Å². The van der Waals surface area contributed by atoms with Crippen LogP contribution < -0.4 is 10.1 Å². The molecule has 0 aliphatic carbocycles. The molecule has 3 aliphatic rings. The van der Waals surface area contributed by atoms with Crippen molar-refractivity contribution in [3.8, 4) is 11.5 Å². The first kappa shape index (κ1) is 32.4. The van der Waals surface area contributed by atoms with E-state index in [1.807, 2.05) is 36.4 Å². The van der Waals surface area contributed by atoms with Crippen LogP contribution in [0.3, 0.4) is 0 Å². The highest BCUT2D eigenvalue weighted by Gasteiger charge is 2.48. The number of alkyl halides is 1. The van der Waals surface area contributed by atoms with E-state index in [2.05, 4.69) is 10.3 Å². The fraction of sp³-hybridized carbons (Fsp3) is 0.353. The Morgan fingerprint density at radius 1 is 1.04 bits per heavy atom. The van der Waals surface area contributed by atoms with Gasteiger partial charge >= 0.3 is 7.60 Å². The van der Waals surface area contributed by atoms with Gasteiger partial charge in [0.05, 0.1) is 4.88 Å². The first-order chi connectivity index (χ1) is 23.1. The lowest BCUT2D eigenvalue weighted by Crippen LogP contribution is -2.58. The molecular formula is C34H34FN4O7PS. The van der Waals surface area contributed by atoms with Crippen molar-refractivity contribution in [3.05, 3.63) is 89.1 Å². The molecular weight excluding hydrogens is 658 g/mol. The summed E-state index contributed by atoms with van der Waals surface area (Å²) >= 11 is 1.14. The van der Waals surface area contributed by atoms with Gasteiger partial charge in [-0.2, -0.15) is 0 Å². The van der Waals surface area contributed by atoms with Crippen molar-refractivity contribution in [1.82, 2.24) is 20.1 Å². The standard InChI is InChI=1S/C34H34FN4O7PS/c35-31(47(43,44)45)20-9-12-29-21(15-20)16-30(48-29)32(40)37-26-8-4-5-23-10-11-27(39(23)33(26)41)34(42)38-18-22(19-38)25-17-36-14-13-28(25)46-24-6-2-1-3-7-24/h1-3,6-7,9,12-17,22-23,26-27,31H,4-5,8,10-11,18-19H2,(H,37,40)(H2,43,44,45)/t23-,26-,27-,31?/m0/s1. The van der Waals surface area contributed by atoms with Gasteiger partial charge in [0.2, 0.25) is 17.7 Å². The summed E-state index contributed by atoms with van der Waals surface area (Å²) in [5.74, 6) is -1.84. The van der Waals surface area contributed by atoms with Gasteiger partial charge in [-0.05, 0) is 79.5 Å². The summed E-state index contributed by atoms with van der Waals surface area (Å²) in [6.07, 6.45) is 6.64. The zero-order valence-electron chi connectivity index (χ0n) is 25.8. The molecule has 4 atom stereocenters. The monoisotopic (exact) mass is 692 g/mol. The SMILES string of the molecule is O=C(N[C@H]1CCC[C@H]2CC[C@@H](C(=O)N3CC(c4cnccc4Oc4ccccc4)C3)N2C1=O)c1cc2cc(C(F)P(=O)(O)O)ccc2s1. The van der Waals surface area contributed by atoms with Gasteiger partial charge in [0, 0.05) is 47.7 Å². The molecule has 5 heterocycles. The highest BCUT2D eigenvalue weighted by molar-refractivity contribution is 7.51. The summed E-state index contributed by atoms with van der Waals surface area (Å²) in [5.41, 5.74) is 0.748. The Bertz CT molecular complexity index is 1910. The molecule has 250 valence electrons. The van der Waals surface area contributed by atoms with Crippen LogP contribution in [0, 0.1) is 0 Å². The average molecular weight is 693 g/mol. The molecule has 3 N–H and O–H groups in total. The fourth-order valence-electron chi connectivity index (χ4n) is 6.96. The highest BCUT2D eigenvalue weighted by Crippen LogP contribution is 2.53. The van der Waals surface area contributed by atoms with Gasteiger partial charge in [-0.3, -0.25) is 23.9 Å². The second kappa shape index (κ2) is 13.0. The number of thiophene rings is 1. The van der Waals surface area contributed by atoms with Crippen LogP contribution in [-0.2, 0) is 14.2 Å². The number of likely N-dealkylation sites (tertiary alicyclic amines) is 1. The van der Waals surface area contributed by atoms with Gasteiger partial charge in [-0.25, -0.2) is 4.39 Å². The number of carbonyl (C=O) groups is 3. The predicted octanol–water partition coefficient (Wildman–Crippen LogP) is 5.50. The van der Waals surface area contributed by atoms with Crippen molar-refractivity contribution in [2.24, 2.45) is 0 Å². The minimum absolute atomic E-state index is 0.0513. The van der Waals surface area contributed by atoms with E-state index in [1.54, 1.807) is 22.2 Å². The van der Waals surface area contributed by atoms with Crippen LogP contribution in [0.5, 0.6) is 11.5 Å². The number of hydrogen-bond acceptors (Lipinski definition) is 7. The van der Waals surface area contributed by atoms with Crippen molar-refractivity contribution < 1.29 is 37.9 Å². The number of rotatable bonds is 8. The van der Waals surface area contributed by atoms with E-state index in [4.69, 9.17) is 4.74 Å². The van der Waals surface area contributed by atoms with Crippen LogP contribution in [0.1, 0.15) is 64.7 Å². The Kier molecular flexibility index (Phi) is 8.80. The van der Waals surface area contributed by atoms with Crippen LogP contribution in [0.15, 0.2) is 73.1 Å². The topological polar surface area (TPSA) is 149 Å². The molecule has 14 heteroatoms. The Hall–Kier alpha value is -4.16. The van der Waals surface area contributed by atoms with Gasteiger partial charge < -0.3 is 29.6 Å². The van der Waals surface area contributed by atoms with Gasteiger partial charge in [0.25, 0.3) is 5.91 Å². The molecule has 11 nitrogen and oxygen atoms in total. The third-order valence-electron chi connectivity index (χ3n) is 9.42. The number of ether oxygens (including phenoxy) is 1. The number of fused-ring (bicyclic) bond motifs is 2. The first-order valence-electron chi connectivity index (χ1n) is 15.9. The number of para-hydroxylation sites is 1. The number of aromatic nitrogens is 1. The maximum Gasteiger partial charge on any atom is 0.363 e. The highest BCUT2D eigenvalue weighted by atomic mass is 32.1. The van der Waals surface area contributed by atoms with E-state index < -0.39 is 31.5 Å². The number of benzene rings is 2. The number of nitrogens with one attached hydrogen (secondary N) is 1. The lowest BCUT2D eigenvalue weighted by atomic mass is 9.91. The van der Waals surface area contributed by atoms with Crippen LogP contribution >= 0.6 is 18.9 Å².